The fourth-order valence-electron chi connectivity index (χ4n) is 0.911. The molecule has 0 saturated heterocycles. The molecule has 0 rings (SSSR count). The van der Waals surface area contributed by atoms with Gasteiger partial charge in [-0.3, -0.25) is 0 Å². The molecule has 0 atom stereocenters. The van der Waals surface area contributed by atoms with Crippen molar-refractivity contribution >= 4 is 11.9 Å². The SMILES string of the molecule is CC=C(C(=O)O)C(=CCC)C(=O)O.NCCO. The van der Waals surface area contributed by atoms with Crippen LogP contribution in [0.3, 0.4) is 0 Å². The fourth-order valence-corrected chi connectivity index (χ4v) is 0.911. The normalized spacial score (nSPS) is 11.5. The first-order valence-corrected chi connectivity index (χ1v) is 5.10. The molecule has 0 saturated carbocycles. The average molecular weight is 245 g/mol. The van der Waals surface area contributed by atoms with Gasteiger partial charge in [0.15, 0.2) is 0 Å². The van der Waals surface area contributed by atoms with E-state index in [0.717, 1.165) is 0 Å². The van der Waals surface area contributed by atoms with Gasteiger partial charge in [-0.05, 0) is 13.3 Å². The van der Waals surface area contributed by atoms with Crippen LogP contribution in [0.4, 0.5) is 0 Å². The van der Waals surface area contributed by atoms with E-state index in [1.165, 1.54) is 19.1 Å². The lowest BCUT2D eigenvalue weighted by Gasteiger charge is -2.01. The van der Waals surface area contributed by atoms with Crippen LogP contribution >= 0.6 is 0 Å². The Kier molecular flexibility index (Phi) is 11.3. The molecule has 0 aromatic carbocycles. The van der Waals surface area contributed by atoms with E-state index >= 15 is 0 Å². The number of aliphatic hydroxyl groups excluding tert-OH is 1. The first-order valence-electron chi connectivity index (χ1n) is 5.10. The van der Waals surface area contributed by atoms with Gasteiger partial charge in [0.1, 0.15) is 0 Å². The van der Waals surface area contributed by atoms with Crippen molar-refractivity contribution in [2.24, 2.45) is 5.73 Å². The summed E-state index contributed by atoms with van der Waals surface area (Å²) >= 11 is 0. The summed E-state index contributed by atoms with van der Waals surface area (Å²) in [5.41, 5.74) is 4.45. The molecule has 0 aromatic rings. The van der Waals surface area contributed by atoms with Gasteiger partial charge in [0.2, 0.25) is 0 Å². The molecule has 0 amide bonds. The highest BCUT2D eigenvalue weighted by Crippen LogP contribution is 2.11. The number of carbonyl (C=O) groups is 2. The van der Waals surface area contributed by atoms with Crippen LogP contribution in [0.25, 0.3) is 0 Å². The fraction of sp³-hybridized carbons (Fsp3) is 0.455. The minimum absolute atomic E-state index is 0.0972. The molecule has 6 nitrogen and oxygen atoms in total. The predicted molar refractivity (Wildman–Crippen MR) is 63.5 cm³/mol. The number of hydrogen-bond donors (Lipinski definition) is 4. The highest BCUT2D eigenvalue weighted by atomic mass is 16.4. The highest BCUT2D eigenvalue weighted by Gasteiger charge is 2.17. The third-order valence-corrected chi connectivity index (χ3v) is 1.58. The molecule has 0 aliphatic rings. The maximum absolute atomic E-state index is 10.6. The molecule has 17 heavy (non-hydrogen) atoms. The van der Waals surface area contributed by atoms with Gasteiger partial charge in [0.05, 0.1) is 17.8 Å². The molecule has 0 spiro atoms. The van der Waals surface area contributed by atoms with Gasteiger partial charge < -0.3 is 21.1 Å². The van der Waals surface area contributed by atoms with Gasteiger partial charge in [-0.25, -0.2) is 9.59 Å². The molecular weight excluding hydrogens is 226 g/mol. The van der Waals surface area contributed by atoms with E-state index in [9.17, 15) is 9.59 Å². The van der Waals surface area contributed by atoms with E-state index in [2.05, 4.69) is 0 Å². The number of hydrogen-bond acceptors (Lipinski definition) is 4. The minimum Gasteiger partial charge on any atom is -0.478 e. The Labute approximate surface area is 100 Å². The Morgan fingerprint density at radius 1 is 1.18 bits per heavy atom. The third kappa shape index (κ3) is 8.18. The van der Waals surface area contributed by atoms with Crippen LogP contribution in [-0.4, -0.2) is 40.4 Å². The highest BCUT2D eigenvalue weighted by molar-refractivity contribution is 6.05. The van der Waals surface area contributed by atoms with Crippen LogP contribution < -0.4 is 5.73 Å². The second kappa shape index (κ2) is 10.8. The summed E-state index contributed by atoms with van der Waals surface area (Å²) in [6.45, 7) is 3.72. The Hall–Kier alpha value is -1.66. The van der Waals surface area contributed by atoms with Crippen molar-refractivity contribution in [2.45, 2.75) is 20.3 Å². The monoisotopic (exact) mass is 245 g/mol. The van der Waals surface area contributed by atoms with E-state index in [4.69, 9.17) is 21.1 Å². The lowest BCUT2D eigenvalue weighted by atomic mass is 10.1. The zero-order valence-electron chi connectivity index (χ0n) is 10.0. The average Bonchev–Trinajstić information content (AvgIpc) is 2.28. The van der Waals surface area contributed by atoms with Crippen LogP contribution in [-0.2, 0) is 9.59 Å². The van der Waals surface area contributed by atoms with E-state index < -0.39 is 11.9 Å². The summed E-state index contributed by atoms with van der Waals surface area (Å²) in [4.78, 5) is 21.2. The van der Waals surface area contributed by atoms with Gasteiger partial charge >= 0.3 is 11.9 Å². The van der Waals surface area contributed by atoms with Crippen molar-refractivity contribution in [1.82, 2.24) is 0 Å². The molecule has 0 bridgehead atoms. The van der Waals surface area contributed by atoms with Crippen molar-refractivity contribution < 1.29 is 24.9 Å². The molecule has 0 radical (unpaired) electrons. The third-order valence-electron chi connectivity index (χ3n) is 1.58. The van der Waals surface area contributed by atoms with Crippen molar-refractivity contribution in [3.05, 3.63) is 23.3 Å². The number of carboxylic acids is 2. The van der Waals surface area contributed by atoms with Crippen molar-refractivity contribution in [3.8, 4) is 0 Å². The van der Waals surface area contributed by atoms with Crippen LogP contribution in [0.5, 0.6) is 0 Å². The maximum atomic E-state index is 10.6. The van der Waals surface area contributed by atoms with E-state index in [1.807, 2.05) is 0 Å². The van der Waals surface area contributed by atoms with Gasteiger partial charge in [-0.2, -0.15) is 0 Å². The van der Waals surface area contributed by atoms with E-state index in [1.54, 1.807) is 6.92 Å². The molecule has 0 aliphatic carbocycles. The molecule has 0 fully saturated rings. The molecule has 0 aromatic heterocycles. The topological polar surface area (TPSA) is 121 Å². The lowest BCUT2D eigenvalue weighted by molar-refractivity contribution is -0.136. The van der Waals surface area contributed by atoms with Crippen molar-refractivity contribution in [1.29, 1.82) is 0 Å². The number of aliphatic hydroxyl groups is 1. The summed E-state index contributed by atoms with van der Waals surface area (Å²) < 4.78 is 0. The lowest BCUT2D eigenvalue weighted by Crippen LogP contribution is -2.11. The van der Waals surface area contributed by atoms with Gasteiger partial charge in [0, 0.05) is 6.54 Å². The van der Waals surface area contributed by atoms with E-state index in [-0.39, 0.29) is 17.8 Å². The van der Waals surface area contributed by atoms with Crippen LogP contribution in [0.15, 0.2) is 23.3 Å². The summed E-state index contributed by atoms with van der Waals surface area (Å²) in [5, 5.41) is 25.1. The largest absolute Gasteiger partial charge is 0.478 e. The number of aliphatic carboxylic acids is 2. The van der Waals surface area contributed by atoms with Crippen molar-refractivity contribution in [3.63, 3.8) is 0 Å². The summed E-state index contributed by atoms with van der Waals surface area (Å²) in [5.74, 6) is -2.43. The summed E-state index contributed by atoms with van der Waals surface area (Å²) in [6.07, 6.45) is 3.15. The minimum atomic E-state index is -1.22. The molecule has 98 valence electrons. The van der Waals surface area contributed by atoms with Crippen molar-refractivity contribution in [2.75, 3.05) is 13.2 Å². The van der Waals surface area contributed by atoms with Crippen LogP contribution in [0, 0.1) is 0 Å². The summed E-state index contributed by atoms with van der Waals surface area (Å²) in [6, 6.07) is 0. The van der Waals surface area contributed by atoms with Crippen LogP contribution in [0.1, 0.15) is 20.3 Å². The Balaban J connectivity index is 0. The molecule has 0 heterocycles. The number of rotatable bonds is 5. The Bertz CT molecular complexity index is 305. The quantitative estimate of drug-likeness (QED) is 0.410. The molecule has 0 aliphatic heterocycles. The predicted octanol–water partition coefficient (Wildman–Crippen LogP) is 0.376. The second-order valence-electron chi connectivity index (χ2n) is 2.85. The zero-order chi connectivity index (χ0) is 13.8. The number of carboxylic acid groups (broad SMARTS) is 2. The molecule has 0 unspecified atom stereocenters. The van der Waals surface area contributed by atoms with E-state index in [0.29, 0.717) is 13.0 Å². The van der Waals surface area contributed by atoms with Gasteiger partial charge in [0.25, 0.3) is 0 Å². The summed E-state index contributed by atoms with van der Waals surface area (Å²) in [7, 11) is 0. The molecular formula is C11H19NO5. The van der Waals surface area contributed by atoms with Gasteiger partial charge in [-0.1, -0.05) is 19.1 Å². The zero-order valence-corrected chi connectivity index (χ0v) is 10.0. The van der Waals surface area contributed by atoms with Gasteiger partial charge in [-0.15, -0.1) is 0 Å². The molecule has 6 heteroatoms. The first-order chi connectivity index (χ1) is 7.95. The Morgan fingerprint density at radius 2 is 1.59 bits per heavy atom. The second-order valence-corrected chi connectivity index (χ2v) is 2.85. The smallest absolute Gasteiger partial charge is 0.336 e. The number of allylic oxidation sites excluding steroid dienone is 2. The standard InChI is InChI=1S/C9H12O4.C2H7NO/c1-3-5-7(9(12)13)6(4-2)8(10)11;3-1-2-4/h4-5H,3H2,1-2H3,(H,10,11)(H,12,13);4H,1-3H2. The Morgan fingerprint density at radius 3 is 1.76 bits per heavy atom. The molecule has 5 N–H and O–H groups in total. The van der Waals surface area contributed by atoms with Crippen LogP contribution in [0.2, 0.25) is 0 Å². The number of nitrogens with two attached hydrogens (primary N) is 1. The first kappa shape index (κ1) is 17.7. The maximum Gasteiger partial charge on any atom is 0.336 e.